The van der Waals surface area contributed by atoms with E-state index in [4.69, 9.17) is 9.47 Å². The number of ether oxygens (including phenoxy) is 2. The SMILES string of the molecule is COc1cc(OC)cc(C(=O)N/N=C\C=C\c2cn(Cc3ccccc3)nn2)c1. The number of carbonyl (C=O) groups is 1. The number of benzene rings is 2. The molecule has 0 fully saturated rings. The van der Waals surface area contributed by atoms with Gasteiger partial charge in [-0.05, 0) is 29.8 Å². The van der Waals surface area contributed by atoms with E-state index >= 15 is 0 Å². The number of nitrogens with one attached hydrogen (secondary N) is 1. The molecule has 1 aromatic heterocycles. The molecule has 0 saturated carbocycles. The number of hydrazone groups is 1. The van der Waals surface area contributed by atoms with Crippen molar-refractivity contribution in [3.8, 4) is 11.5 Å². The summed E-state index contributed by atoms with van der Waals surface area (Å²) < 4.78 is 12.1. The predicted molar refractivity (Wildman–Crippen MR) is 110 cm³/mol. The van der Waals surface area contributed by atoms with Gasteiger partial charge in [0.2, 0.25) is 0 Å². The Kier molecular flexibility index (Phi) is 6.72. The second kappa shape index (κ2) is 9.84. The largest absolute Gasteiger partial charge is 0.497 e. The van der Waals surface area contributed by atoms with Crippen molar-refractivity contribution >= 4 is 18.2 Å². The standard InChI is InChI=1S/C21H21N5O3/c1-28-19-11-17(12-20(13-19)29-2)21(27)24-22-10-6-9-18-15-26(25-23-18)14-16-7-4-3-5-8-16/h3-13,15H,14H2,1-2H3,(H,24,27)/b9-6+,22-10-. The van der Waals surface area contributed by atoms with Crippen LogP contribution in [0.25, 0.3) is 6.08 Å². The Morgan fingerprint density at radius 3 is 2.55 bits per heavy atom. The Labute approximate surface area is 168 Å². The van der Waals surface area contributed by atoms with Gasteiger partial charge in [-0.1, -0.05) is 35.5 Å². The number of allylic oxidation sites excluding steroid dienone is 1. The molecule has 0 unspecified atom stereocenters. The van der Waals surface area contributed by atoms with Crippen molar-refractivity contribution in [1.29, 1.82) is 0 Å². The fourth-order valence-electron chi connectivity index (χ4n) is 2.52. The van der Waals surface area contributed by atoms with Crippen LogP contribution in [-0.4, -0.2) is 41.3 Å². The topological polar surface area (TPSA) is 90.6 Å². The van der Waals surface area contributed by atoms with Crippen LogP contribution in [0.4, 0.5) is 0 Å². The molecule has 0 atom stereocenters. The normalized spacial score (nSPS) is 11.1. The average molecular weight is 391 g/mol. The predicted octanol–water partition coefficient (Wildman–Crippen LogP) is 2.77. The van der Waals surface area contributed by atoms with Crippen molar-refractivity contribution in [1.82, 2.24) is 20.4 Å². The number of carbonyl (C=O) groups excluding carboxylic acids is 1. The highest BCUT2D eigenvalue weighted by molar-refractivity contribution is 5.95. The van der Waals surface area contributed by atoms with Crippen LogP contribution in [0.15, 0.2) is 65.9 Å². The maximum Gasteiger partial charge on any atom is 0.271 e. The summed E-state index contributed by atoms with van der Waals surface area (Å²) in [7, 11) is 3.05. The second-order valence-corrected chi connectivity index (χ2v) is 6.01. The van der Waals surface area contributed by atoms with Gasteiger partial charge in [0.05, 0.1) is 27.0 Å². The fourth-order valence-corrected chi connectivity index (χ4v) is 2.52. The van der Waals surface area contributed by atoms with Crippen molar-refractivity contribution in [2.24, 2.45) is 5.10 Å². The molecule has 8 nitrogen and oxygen atoms in total. The van der Waals surface area contributed by atoms with Gasteiger partial charge in [-0.15, -0.1) is 5.10 Å². The minimum Gasteiger partial charge on any atom is -0.497 e. The van der Waals surface area contributed by atoms with Gasteiger partial charge >= 0.3 is 0 Å². The van der Waals surface area contributed by atoms with Gasteiger partial charge in [0.1, 0.15) is 17.2 Å². The number of methoxy groups -OCH3 is 2. The number of rotatable bonds is 8. The zero-order valence-electron chi connectivity index (χ0n) is 16.1. The van der Waals surface area contributed by atoms with E-state index in [0.717, 1.165) is 5.56 Å². The first-order valence-corrected chi connectivity index (χ1v) is 8.85. The highest BCUT2D eigenvalue weighted by Crippen LogP contribution is 2.22. The summed E-state index contributed by atoms with van der Waals surface area (Å²) in [6.45, 7) is 0.649. The first-order valence-electron chi connectivity index (χ1n) is 8.85. The summed E-state index contributed by atoms with van der Waals surface area (Å²) in [6.07, 6.45) is 6.71. The summed E-state index contributed by atoms with van der Waals surface area (Å²) in [4.78, 5) is 12.2. The molecule has 0 bridgehead atoms. The lowest BCUT2D eigenvalue weighted by atomic mass is 10.2. The van der Waals surface area contributed by atoms with Gasteiger partial charge in [-0.25, -0.2) is 10.1 Å². The minimum atomic E-state index is -0.374. The van der Waals surface area contributed by atoms with Gasteiger partial charge in [-0.3, -0.25) is 4.79 Å². The Morgan fingerprint density at radius 1 is 1.14 bits per heavy atom. The van der Waals surface area contributed by atoms with Crippen LogP contribution in [0.2, 0.25) is 0 Å². The molecule has 1 amide bonds. The molecule has 0 aliphatic heterocycles. The van der Waals surface area contributed by atoms with E-state index in [2.05, 4.69) is 20.8 Å². The number of hydrogen-bond acceptors (Lipinski definition) is 6. The summed E-state index contributed by atoms with van der Waals surface area (Å²) in [5.41, 5.74) is 4.67. The van der Waals surface area contributed by atoms with Crippen LogP contribution in [0, 0.1) is 0 Å². The lowest BCUT2D eigenvalue weighted by molar-refractivity contribution is 0.0954. The number of nitrogens with zero attached hydrogens (tertiary/aromatic N) is 4. The van der Waals surface area contributed by atoms with Crippen LogP contribution < -0.4 is 14.9 Å². The van der Waals surface area contributed by atoms with Gasteiger partial charge in [0.15, 0.2) is 0 Å². The number of hydrogen-bond donors (Lipinski definition) is 1. The molecule has 0 aliphatic carbocycles. The molecule has 1 heterocycles. The third-order valence-corrected chi connectivity index (χ3v) is 3.95. The van der Waals surface area contributed by atoms with E-state index in [1.54, 1.807) is 35.0 Å². The first kappa shape index (κ1) is 19.8. The monoisotopic (exact) mass is 391 g/mol. The number of amides is 1. The van der Waals surface area contributed by atoms with E-state index in [0.29, 0.717) is 29.3 Å². The summed E-state index contributed by atoms with van der Waals surface area (Å²) in [5, 5.41) is 12.1. The molecular formula is C21H21N5O3. The van der Waals surface area contributed by atoms with Crippen molar-refractivity contribution < 1.29 is 14.3 Å². The van der Waals surface area contributed by atoms with E-state index in [9.17, 15) is 4.79 Å². The molecule has 3 aromatic rings. The molecule has 29 heavy (non-hydrogen) atoms. The first-order chi connectivity index (χ1) is 14.2. The quantitative estimate of drug-likeness (QED) is 0.471. The van der Waals surface area contributed by atoms with Gasteiger partial charge < -0.3 is 9.47 Å². The summed E-state index contributed by atoms with van der Waals surface area (Å²) in [5.74, 6) is 0.676. The highest BCUT2D eigenvalue weighted by Gasteiger charge is 2.08. The molecule has 148 valence electrons. The Hall–Kier alpha value is -3.94. The van der Waals surface area contributed by atoms with E-state index in [-0.39, 0.29) is 5.91 Å². The third kappa shape index (κ3) is 5.77. The van der Waals surface area contributed by atoms with Crippen molar-refractivity contribution in [3.63, 3.8) is 0 Å². The van der Waals surface area contributed by atoms with Crippen LogP contribution >= 0.6 is 0 Å². The third-order valence-electron chi connectivity index (χ3n) is 3.95. The second-order valence-electron chi connectivity index (χ2n) is 6.01. The zero-order valence-corrected chi connectivity index (χ0v) is 16.1. The molecule has 2 aromatic carbocycles. The van der Waals surface area contributed by atoms with Crippen LogP contribution in [0.5, 0.6) is 11.5 Å². The lowest BCUT2D eigenvalue weighted by Gasteiger charge is -2.07. The van der Waals surface area contributed by atoms with Crippen molar-refractivity contribution in [3.05, 3.63) is 77.6 Å². The van der Waals surface area contributed by atoms with Crippen LogP contribution in [0.3, 0.4) is 0 Å². The molecule has 3 rings (SSSR count). The van der Waals surface area contributed by atoms with Crippen molar-refractivity contribution in [2.75, 3.05) is 14.2 Å². The molecular weight excluding hydrogens is 370 g/mol. The van der Waals surface area contributed by atoms with Gasteiger partial charge in [-0.2, -0.15) is 5.10 Å². The van der Waals surface area contributed by atoms with Gasteiger partial charge in [0.25, 0.3) is 5.91 Å². The Bertz CT molecular complexity index is 990. The summed E-state index contributed by atoms with van der Waals surface area (Å²) in [6, 6.07) is 14.9. The molecule has 0 spiro atoms. The fraction of sp³-hybridized carbons (Fsp3) is 0.143. The molecule has 0 radical (unpaired) electrons. The maximum atomic E-state index is 12.2. The van der Waals surface area contributed by atoms with E-state index in [1.807, 2.05) is 36.5 Å². The van der Waals surface area contributed by atoms with E-state index < -0.39 is 0 Å². The molecule has 8 heteroatoms. The molecule has 0 saturated heterocycles. The smallest absolute Gasteiger partial charge is 0.271 e. The highest BCUT2D eigenvalue weighted by atomic mass is 16.5. The van der Waals surface area contributed by atoms with Crippen LogP contribution in [-0.2, 0) is 6.54 Å². The van der Waals surface area contributed by atoms with Gasteiger partial charge in [0, 0.05) is 17.8 Å². The van der Waals surface area contributed by atoms with E-state index in [1.165, 1.54) is 20.4 Å². The average Bonchev–Trinajstić information content (AvgIpc) is 3.20. The number of aromatic nitrogens is 3. The lowest BCUT2D eigenvalue weighted by Crippen LogP contribution is -2.17. The Balaban J connectivity index is 1.54. The van der Waals surface area contributed by atoms with Crippen molar-refractivity contribution in [2.45, 2.75) is 6.54 Å². The summed E-state index contributed by atoms with van der Waals surface area (Å²) >= 11 is 0. The molecule has 1 N–H and O–H groups in total. The minimum absolute atomic E-state index is 0.374. The zero-order chi connectivity index (χ0) is 20.5. The maximum absolute atomic E-state index is 12.2. The van der Waals surface area contributed by atoms with Crippen LogP contribution in [0.1, 0.15) is 21.6 Å². The Morgan fingerprint density at radius 2 is 1.86 bits per heavy atom. The molecule has 0 aliphatic rings.